The first-order valence-electron chi connectivity index (χ1n) is 5.31. The zero-order chi connectivity index (χ0) is 9.85. The summed E-state index contributed by atoms with van der Waals surface area (Å²) in [6.45, 7) is 11.9. The summed E-state index contributed by atoms with van der Waals surface area (Å²) in [5, 5.41) is 0. The van der Waals surface area contributed by atoms with E-state index in [0.29, 0.717) is 11.1 Å². The molecule has 13 heavy (non-hydrogen) atoms. The topological polar surface area (TPSA) is 6.48 Å². The van der Waals surface area contributed by atoms with Crippen molar-refractivity contribution in [3.05, 3.63) is 0 Å². The molecule has 0 aliphatic carbocycles. The monoisotopic (exact) mass is 182 g/mol. The second kappa shape index (κ2) is 2.48. The first kappa shape index (κ1) is 9.47. The molecule has 1 unspecified atom stereocenters. The van der Waals surface area contributed by atoms with Crippen molar-refractivity contribution in [3.63, 3.8) is 0 Å². The molecule has 0 spiro atoms. The SMILES string of the molecule is CN1C[C@@]2(C)CC1CN2C(C)(C)C. The fraction of sp³-hybridized carbons (Fsp3) is 1.00. The average molecular weight is 182 g/mol. The summed E-state index contributed by atoms with van der Waals surface area (Å²) < 4.78 is 0. The highest BCUT2D eigenvalue weighted by molar-refractivity contribution is 5.10. The van der Waals surface area contributed by atoms with Crippen LogP contribution in [0.4, 0.5) is 0 Å². The van der Waals surface area contributed by atoms with E-state index in [0.717, 1.165) is 6.04 Å². The van der Waals surface area contributed by atoms with Gasteiger partial charge in [-0.25, -0.2) is 0 Å². The largest absolute Gasteiger partial charge is 0.300 e. The van der Waals surface area contributed by atoms with Crippen molar-refractivity contribution >= 4 is 0 Å². The highest BCUT2D eigenvalue weighted by atomic mass is 15.4. The Morgan fingerprint density at radius 1 is 1.31 bits per heavy atom. The van der Waals surface area contributed by atoms with E-state index in [2.05, 4.69) is 44.5 Å². The Labute approximate surface area is 81.9 Å². The summed E-state index contributed by atoms with van der Waals surface area (Å²) in [5.41, 5.74) is 0.780. The number of hydrogen-bond donors (Lipinski definition) is 0. The Kier molecular flexibility index (Phi) is 1.81. The molecule has 2 nitrogen and oxygen atoms in total. The summed E-state index contributed by atoms with van der Waals surface area (Å²) in [5.74, 6) is 0. The Bertz CT molecular complexity index is 215. The standard InChI is InChI=1S/C11H22N2/c1-10(2,3)13-7-9-6-11(13,4)8-12(9)5/h9H,6-8H2,1-5H3/t9?,11-/m1/s1. The van der Waals surface area contributed by atoms with E-state index in [9.17, 15) is 0 Å². The Hall–Kier alpha value is -0.0800. The van der Waals surface area contributed by atoms with Crippen LogP contribution in [0.25, 0.3) is 0 Å². The van der Waals surface area contributed by atoms with Crippen LogP contribution >= 0.6 is 0 Å². The third kappa shape index (κ3) is 1.31. The van der Waals surface area contributed by atoms with Gasteiger partial charge in [0.15, 0.2) is 0 Å². The van der Waals surface area contributed by atoms with Crippen LogP contribution < -0.4 is 0 Å². The van der Waals surface area contributed by atoms with Crippen molar-refractivity contribution in [2.45, 2.75) is 51.2 Å². The predicted octanol–water partition coefficient (Wildman–Crippen LogP) is 1.56. The van der Waals surface area contributed by atoms with E-state index in [4.69, 9.17) is 0 Å². The van der Waals surface area contributed by atoms with Gasteiger partial charge in [0.2, 0.25) is 0 Å². The number of fused-ring (bicyclic) bond motifs is 2. The number of hydrogen-bond acceptors (Lipinski definition) is 2. The highest BCUT2D eigenvalue weighted by Crippen LogP contribution is 2.42. The highest BCUT2D eigenvalue weighted by Gasteiger charge is 2.53. The fourth-order valence-corrected chi connectivity index (χ4v) is 3.31. The molecule has 2 bridgehead atoms. The van der Waals surface area contributed by atoms with E-state index in [1.807, 2.05) is 0 Å². The van der Waals surface area contributed by atoms with Crippen LogP contribution in [0.1, 0.15) is 34.1 Å². The van der Waals surface area contributed by atoms with Crippen molar-refractivity contribution < 1.29 is 0 Å². The van der Waals surface area contributed by atoms with Crippen LogP contribution in [-0.2, 0) is 0 Å². The minimum absolute atomic E-state index is 0.338. The maximum Gasteiger partial charge on any atom is 0.0329 e. The second-order valence-corrected chi connectivity index (χ2v) is 6.05. The Morgan fingerprint density at radius 3 is 2.23 bits per heavy atom. The zero-order valence-electron chi connectivity index (χ0n) is 9.59. The summed E-state index contributed by atoms with van der Waals surface area (Å²) in [7, 11) is 2.26. The molecule has 0 N–H and O–H groups in total. The van der Waals surface area contributed by atoms with E-state index in [1.165, 1.54) is 19.5 Å². The molecule has 2 saturated heterocycles. The number of likely N-dealkylation sites (tertiary alicyclic amines) is 2. The molecule has 0 aromatic rings. The number of rotatable bonds is 0. The van der Waals surface area contributed by atoms with Gasteiger partial charge in [-0.15, -0.1) is 0 Å². The molecule has 2 aliphatic heterocycles. The van der Waals surface area contributed by atoms with Gasteiger partial charge >= 0.3 is 0 Å². The zero-order valence-corrected chi connectivity index (χ0v) is 9.59. The van der Waals surface area contributed by atoms with Gasteiger partial charge in [0.1, 0.15) is 0 Å². The average Bonchev–Trinajstić information content (AvgIpc) is 2.36. The first-order valence-corrected chi connectivity index (χ1v) is 5.31. The lowest BCUT2D eigenvalue weighted by atomic mass is 9.95. The number of likely N-dealkylation sites (N-methyl/N-ethyl adjacent to an activating group) is 1. The van der Waals surface area contributed by atoms with Gasteiger partial charge in [-0.2, -0.15) is 0 Å². The molecule has 0 amide bonds. The van der Waals surface area contributed by atoms with Gasteiger partial charge in [-0.05, 0) is 41.2 Å². The summed E-state index contributed by atoms with van der Waals surface area (Å²) in [4.78, 5) is 5.20. The van der Waals surface area contributed by atoms with Crippen molar-refractivity contribution in [1.82, 2.24) is 9.80 Å². The Balaban J connectivity index is 2.21. The third-order valence-electron chi connectivity index (χ3n) is 3.74. The van der Waals surface area contributed by atoms with Gasteiger partial charge in [0.25, 0.3) is 0 Å². The maximum atomic E-state index is 2.69. The molecule has 0 aromatic carbocycles. The van der Waals surface area contributed by atoms with Crippen LogP contribution in [0.3, 0.4) is 0 Å². The molecule has 2 atom stereocenters. The van der Waals surface area contributed by atoms with Crippen molar-refractivity contribution in [1.29, 1.82) is 0 Å². The maximum absolute atomic E-state index is 2.69. The van der Waals surface area contributed by atoms with E-state index in [1.54, 1.807) is 0 Å². The van der Waals surface area contributed by atoms with Gasteiger partial charge in [-0.1, -0.05) is 0 Å². The normalized spacial score (nSPS) is 41.8. The van der Waals surface area contributed by atoms with Gasteiger partial charge in [0.05, 0.1) is 0 Å². The lowest BCUT2D eigenvalue weighted by molar-refractivity contribution is 0.0156. The van der Waals surface area contributed by atoms with E-state index < -0.39 is 0 Å². The molecule has 2 rings (SSSR count). The van der Waals surface area contributed by atoms with Crippen LogP contribution in [0, 0.1) is 0 Å². The predicted molar refractivity (Wildman–Crippen MR) is 55.9 cm³/mol. The molecule has 2 fully saturated rings. The first-order chi connectivity index (χ1) is 5.83. The van der Waals surface area contributed by atoms with Gasteiger partial charge < -0.3 is 4.90 Å². The third-order valence-corrected chi connectivity index (χ3v) is 3.74. The van der Waals surface area contributed by atoms with Gasteiger partial charge in [-0.3, -0.25) is 4.90 Å². The van der Waals surface area contributed by atoms with E-state index in [-0.39, 0.29) is 0 Å². The molecule has 0 aromatic heterocycles. The lowest BCUT2D eigenvalue weighted by Crippen LogP contribution is -2.58. The smallest absolute Gasteiger partial charge is 0.0329 e. The minimum Gasteiger partial charge on any atom is -0.300 e. The molecular weight excluding hydrogens is 160 g/mol. The summed E-state index contributed by atoms with van der Waals surface area (Å²) >= 11 is 0. The van der Waals surface area contributed by atoms with Crippen molar-refractivity contribution in [2.75, 3.05) is 20.1 Å². The molecular formula is C11H22N2. The van der Waals surface area contributed by atoms with Crippen LogP contribution in [0.5, 0.6) is 0 Å². The molecule has 2 aliphatic rings. The Morgan fingerprint density at radius 2 is 1.92 bits per heavy atom. The summed E-state index contributed by atoms with van der Waals surface area (Å²) in [6.07, 6.45) is 1.36. The van der Waals surface area contributed by atoms with Crippen molar-refractivity contribution in [3.8, 4) is 0 Å². The summed E-state index contributed by atoms with van der Waals surface area (Å²) in [6, 6.07) is 0.809. The van der Waals surface area contributed by atoms with Crippen molar-refractivity contribution in [2.24, 2.45) is 0 Å². The number of nitrogens with zero attached hydrogens (tertiary/aromatic N) is 2. The van der Waals surface area contributed by atoms with Crippen LogP contribution in [0.15, 0.2) is 0 Å². The van der Waals surface area contributed by atoms with Gasteiger partial charge in [0, 0.05) is 30.2 Å². The van der Waals surface area contributed by atoms with Crippen LogP contribution in [0.2, 0.25) is 0 Å². The quantitative estimate of drug-likeness (QED) is 0.561. The lowest BCUT2D eigenvalue weighted by Gasteiger charge is -2.46. The molecule has 0 radical (unpaired) electrons. The molecule has 2 heterocycles. The fourth-order valence-electron chi connectivity index (χ4n) is 3.31. The van der Waals surface area contributed by atoms with Crippen LogP contribution in [-0.4, -0.2) is 47.1 Å². The minimum atomic E-state index is 0.338. The second-order valence-electron chi connectivity index (χ2n) is 6.05. The molecule has 2 heteroatoms. The number of piperazine rings is 1. The van der Waals surface area contributed by atoms with E-state index >= 15 is 0 Å². The molecule has 76 valence electrons. The molecule has 0 saturated carbocycles.